The Morgan fingerprint density at radius 2 is 2.00 bits per heavy atom. The maximum atomic E-state index is 12.3. The van der Waals surface area contributed by atoms with E-state index in [9.17, 15) is 13.2 Å². The molecule has 2 rings (SSSR count). The van der Waals surface area contributed by atoms with Crippen molar-refractivity contribution in [2.24, 2.45) is 0 Å². The minimum absolute atomic E-state index is 0.0406. The molecule has 0 radical (unpaired) electrons. The Morgan fingerprint density at radius 3 is 2.52 bits per heavy atom. The minimum atomic E-state index is -3.31. The van der Waals surface area contributed by atoms with E-state index < -0.39 is 10.0 Å². The van der Waals surface area contributed by atoms with E-state index in [4.69, 9.17) is 0 Å². The summed E-state index contributed by atoms with van der Waals surface area (Å²) in [5, 5.41) is 7.33. The zero-order valence-electron chi connectivity index (χ0n) is 11.3. The van der Waals surface area contributed by atoms with Gasteiger partial charge in [-0.1, -0.05) is 23.1 Å². The fourth-order valence-corrected chi connectivity index (χ4v) is 3.84. The quantitative estimate of drug-likeness (QED) is 0.639. The van der Waals surface area contributed by atoms with Crippen LogP contribution in [-0.2, 0) is 10.0 Å². The van der Waals surface area contributed by atoms with Crippen molar-refractivity contribution in [2.75, 3.05) is 11.0 Å². The van der Waals surface area contributed by atoms with E-state index in [2.05, 4.69) is 14.9 Å². The molecule has 0 aliphatic rings. The molecular formula is C12H13N3O3S3. The van der Waals surface area contributed by atoms with E-state index in [1.807, 2.05) is 0 Å². The van der Waals surface area contributed by atoms with Gasteiger partial charge in [0.2, 0.25) is 10.0 Å². The summed E-state index contributed by atoms with van der Waals surface area (Å²) in [7, 11) is -3.31. The molecule has 1 N–H and O–H groups in total. The normalized spacial score (nSPS) is 12.9. The van der Waals surface area contributed by atoms with E-state index >= 15 is 0 Å². The van der Waals surface area contributed by atoms with Crippen LogP contribution in [0.25, 0.3) is 0 Å². The first kappa shape index (κ1) is 15.9. The molecule has 0 fully saturated rings. The predicted octanol–water partition coefficient (Wildman–Crippen LogP) is 2.27. The molecule has 112 valence electrons. The Morgan fingerprint density at radius 1 is 1.33 bits per heavy atom. The first-order valence-corrected chi connectivity index (χ1v) is 9.55. The molecule has 0 saturated heterocycles. The fourth-order valence-electron chi connectivity index (χ4n) is 1.57. The topological polar surface area (TPSA) is 89.0 Å². The lowest BCUT2D eigenvalue weighted by Gasteiger charge is -2.09. The number of hydrogen-bond acceptors (Lipinski definition) is 7. The largest absolute Gasteiger partial charge is 0.293 e. The van der Waals surface area contributed by atoms with Crippen molar-refractivity contribution in [3.8, 4) is 0 Å². The highest BCUT2D eigenvalue weighted by Gasteiger charge is 2.18. The first-order valence-electron chi connectivity index (χ1n) is 5.90. The number of sulfonamides is 1. The van der Waals surface area contributed by atoms with Gasteiger partial charge in [0.15, 0.2) is 10.1 Å². The van der Waals surface area contributed by atoms with E-state index in [1.165, 1.54) is 23.1 Å². The van der Waals surface area contributed by atoms with E-state index in [-0.39, 0.29) is 11.0 Å². The van der Waals surface area contributed by atoms with E-state index in [0.29, 0.717) is 11.3 Å². The van der Waals surface area contributed by atoms with Gasteiger partial charge in [0.1, 0.15) is 5.51 Å². The van der Waals surface area contributed by atoms with Gasteiger partial charge in [0.05, 0.1) is 11.5 Å². The number of benzene rings is 1. The van der Waals surface area contributed by atoms with Gasteiger partial charge in [-0.15, -0.1) is 10.2 Å². The number of Topliss-reactive ketones (excluding diaryl/α,β-unsaturated/α-hetero) is 1. The Hall–Kier alpha value is -1.45. The summed E-state index contributed by atoms with van der Waals surface area (Å²) in [5.41, 5.74) is 2.57. The summed E-state index contributed by atoms with van der Waals surface area (Å²) in [4.78, 5) is 12.3. The van der Waals surface area contributed by atoms with Crippen molar-refractivity contribution in [3.05, 3.63) is 35.3 Å². The number of carbonyl (C=O) groups excluding carboxylic acids is 1. The van der Waals surface area contributed by atoms with E-state index in [0.717, 1.165) is 10.6 Å². The number of rotatable bonds is 6. The highest BCUT2D eigenvalue weighted by molar-refractivity contribution is 8.02. The Bertz CT molecular complexity index is 712. The lowest BCUT2D eigenvalue weighted by atomic mass is 10.1. The highest BCUT2D eigenvalue weighted by Crippen LogP contribution is 2.26. The Labute approximate surface area is 131 Å². The van der Waals surface area contributed by atoms with Gasteiger partial charge in [0, 0.05) is 11.3 Å². The van der Waals surface area contributed by atoms with Gasteiger partial charge in [-0.3, -0.25) is 9.52 Å². The third kappa shape index (κ3) is 4.80. The van der Waals surface area contributed by atoms with Crippen molar-refractivity contribution >= 4 is 44.6 Å². The molecule has 1 aromatic heterocycles. The number of hydrogen-bond donors (Lipinski definition) is 1. The van der Waals surface area contributed by atoms with Gasteiger partial charge >= 0.3 is 0 Å². The number of thioether (sulfide) groups is 1. The molecule has 1 heterocycles. The second-order valence-corrected chi connectivity index (χ2v) is 8.45. The first-order chi connectivity index (χ1) is 9.85. The molecule has 21 heavy (non-hydrogen) atoms. The van der Waals surface area contributed by atoms with E-state index in [1.54, 1.807) is 36.7 Å². The molecule has 0 unspecified atom stereocenters. The molecule has 0 aliphatic heterocycles. The van der Waals surface area contributed by atoms with Gasteiger partial charge < -0.3 is 0 Å². The summed E-state index contributed by atoms with van der Waals surface area (Å²) >= 11 is 2.74. The summed E-state index contributed by atoms with van der Waals surface area (Å²) in [6.07, 6.45) is 1.08. The lowest BCUT2D eigenvalue weighted by Crippen LogP contribution is -2.14. The van der Waals surface area contributed by atoms with Crippen LogP contribution in [0.1, 0.15) is 17.3 Å². The zero-order valence-corrected chi connectivity index (χ0v) is 13.8. The Balaban J connectivity index is 2.05. The van der Waals surface area contributed by atoms with Gasteiger partial charge in [0.25, 0.3) is 0 Å². The molecule has 6 nitrogen and oxygen atoms in total. The zero-order chi connectivity index (χ0) is 15.5. The second kappa shape index (κ2) is 6.54. The van der Waals surface area contributed by atoms with Crippen molar-refractivity contribution in [3.63, 3.8) is 0 Å². The summed E-state index contributed by atoms with van der Waals surface area (Å²) < 4.78 is 25.3. The number of ketones is 1. The monoisotopic (exact) mass is 343 g/mol. The Kier molecular flexibility index (Phi) is 4.96. The van der Waals surface area contributed by atoms with Gasteiger partial charge in [-0.05, 0) is 31.2 Å². The maximum Gasteiger partial charge on any atom is 0.229 e. The molecule has 0 bridgehead atoms. The summed E-state index contributed by atoms with van der Waals surface area (Å²) in [6.45, 7) is 1.80. The SMILES string of the molecule is C[C@@H](Sc1nncs1)C(=O)c1ccc(NS(C)(=O)=O)cc1. The predicted molar refractivity (Wildman–Crippen MR) is 84.5 cm³/mol. The number of carbonyl (C=O) groups is 1. The third-order valence-corrected chi connectivity index (χ3v) is 4.98. The number of aromatic nitrogens is 2. The molecule has 9 heteroatoms. The van der Waals surface area contributed by atoms with Crippen LogP contribution in [0, 0.1) is 0 Å². The second-order valence-electron chi connectivity index (χ2n) is 4.28. The van der Waals surface area contributed by atoms with Crippen molar-refractivity contribution < 1.29 is 13.2 Å². The lowest BCUT2D eigenvalue weighted by molar-refractivity contribution is 0.0994. The highest BCUT2D eigenvalue weighted by atomic mass is 32.2. The van der Waals surface area contributed by atoms with Crippen LogP contribution in [0.4, 0.5) is 5.69 Å². The molecule has 0 amide bonds. The standard InChI is InChI=1S/C12H13N3O3S3/c1-8(20-12-14-13-7-19-12)11(16)9-3-5-10(6-4-9)15-21(2,17)18/h3-8,15H,1-2H3/t8-/m1/s1. The number of nitrogens with one attached hydrogen (secondary N) is 1. The smallest absolute Gasteiger partial charge is 0.229 e. The van der Waals surface area contributed by atoms with Crippen LogP contribution >= 0.6 is 23.1 Å². The van der Waals surface area contributed by atoms with Gasteiger partial charge in [-0.25, -0.2) is 8.42 Å². The average Bonchev–Trinajstić information content (AvgIpc) is 2.90. The molecule has 1 aromatic carbocycles. The minimum Gasteiger partial charge on any atom is -0.293 e. The molecule has 0 saturated carbocycles. The number of nitrogens with zero attached hydrogens (tertiary/aromatic N) is 2. The summed E-state index contributed by atoms with van der Waals surface area (Å²) in [5.74, 6) is -0.0406. The third-order valence-electron chi connectivity index (χ3n) is 2.46. The van der Waals surface area contributed by atoms with Crippen LogP contribution in [0.15, 0.2) is 34.1 Å². The molecule has 0 aliphatic carbocycles. The van der Waals surface area contributed by atoms with Crippen LogP contribution in [0.5, 0.6) is 0 Å². The van der Waals surface area contributed by atoms with Gasteiger partial charge in [-0.2, -0.15) is 0 Å². The van der Waals surface area contributed by atoms with Crippen LogP contribution in [0.3, 0.4) is 0 Å². The van der Waals surface area contributed by atoms with Crippen molar-refractivity contribution in [1.29, 1.82) is 0 Å². The fraction of sp³-hybridized carbons (Fsp3) is 0.250. The maximum absolute atomic E-state index is 12.3. The molecule has 1 atom stereocenters. The van der Waals surface area contributed by atoms with Crippen LogP contribution < -0.4 is 4.72 Å². The molecule has 2 aromatic rings. The van der Waals surface area contributed by atoms with Crippen LogP contribution in [0.2, 0.25) is 0 Å². The van der Waals surface area contributed by atoms with Crippen molar-refractivity contribution in [1.82, 2.24) is 10.2 Å². The van der Waals surface area contributed by atoms with Crippen molar-refractivity contribution in [2.45, 2.75) is 16.5 Å². The van der Waals surface area contributed by atoms with Crippen LogP contribution in [-0.4, -0.2) is 35.9 Å². The molecule has 0 spiro atoms. The summed E-state index contributed by atoms with van der Waals surface area (Å²) in [6, 6.07) is 6.34. The number of anilines is 1. The molecular weight excluding hydrogens is 330 g/mol. The average molecular weight is 343 g/mol.